The highest BCUT2D eigenvalue weighted by molar-refractivity contribution is 5.46. The van der Waals surface area contributed by atoms with Crippen LogP contribution in [-0.2, 0) is 0 Å². The lowest BCUT2D eigenvalue weighted by Gasteiger charge is -2.13. The Morgan fingerprint density at radius 1 is 1.50 bits per heavy atom. The van der Waals surface area contributed by atoms with Crippen molar-refractivity contribution >= 4 is 11.8 Å². The van der Waals surface area contributed by atoms with Crippen LogP contribution >= 0.6 is 0 Å². The molecule has 5 nitrogen and oxygen atoms in total. The first kappa shape index (κ1) is 12.7. The Morgan fingerprint density at radius 2 is 2.25 bits per heavy atom. The molecule has 1 rings (SSSR count). The van der Waals surface area contributed by atoms with Crippen LogP contribution in [0, 0.1) is 6.92 Å². The number of hydrogen-bond acceptors (Lipinski definition) is 5. The molecule has 1 aromatic rings. The zero-order valence-electron chi connectivity index (χ0n) is 10.1. The fourth-order valence-corrected chi connectivity index (χ4v) is 1.39. The lowest BCUT2D eigenvalue weighted by molar-refractivity contribution is 0.176. The average molecular weight is 224 g/mol. The molecule has 0 aliphatic heterocycles. The molecule has 0 aliphatic carbocycles. The summed E-state index contributed by atoms with van der Waals surface area (Å²) >= 11 is 0. The molecule has 0 amide bonds. The minimum atomic E-state index is -0.322. The Hall–Kier alpha value is -1.36. The molecule has 0 fully saturated rings. The Labute approximate surface area is 96.3 Å². The van der Waals surface area contributed by atoms with Crippen LogP contribution in [0.5, 0.6) is 0 Å². The average Bonchev–Trinajstić information content (AvgIpc) is 2.28. The third-order valence-electron chi connectivity index (χ3n) is 2.32. The highest BCUT2D eigenvalue weighted by Crippen LogP contribution is 2.12. The lowest BCUT2D eigenvalue weighted by atomic mass is 10.2. The van der Waals surface area contributed by atoms with Gasteiger partial charge in [0.15, 0.2) is 0 Å². The molecular formula is C11H20N4O. The third kappa shape index (κ3) is 3.66. The number of nitrogens with zero attached hydrogens (tertiary/aromatic N) is 2. The summed E-state index contributed by atoms with van der Waals surface area (Å²) in [5.41, 5.74) is 0.975. The molecule has 0 saturated heterocycles. The van der Waals surface area contributed by atoms with Crippen molar-refractivity contribution in [3.63, 3.8) is 0 Å². The number of anilines is 2. The maximum atomic E-state index is 9.61. The lowest BCUT2D eigenvalue weighted by Crippen LogP contribution is -2.20. The number of aromatic nitrogens is 2. The van der Waals surface area contributed by atoms with Crippen molar-refractivity contribution in [2.24, 2.45) is 0 Å². The molecule has 0 aromatic carbocycles. The second kappa shape index (κ2) is 6.27. The van der Waals surface area contributed by atoms with Gasteiger partial charge in [-0.15, -0.1) is 0 Å². The van der Waals surface area contributed by atoms with Gasteiger partial charge in [0.05, 0.1) is 6.10 Å². The molecule has 1 aromatic heterocycles. The van der Waals surface area contributed by atoms with Crippen molar-refractivity contribution in [2.75, 3.05) is 24.2 Å². The first-order chi connectivity index (χ1) is 7.67. The molecule has 0 radical (unpaired) electrons. The summed E-state index contributed by atoms with van der Waals surface area (Å²) < 4.78 is 0. The molecule has 3 N–H and O–H groups in total. The van der Waals surface area contributed by atoms with Gasteiger partial charge in [-0.05, 0) is 13.3 Å². The minimum Gasteiger partial charge on any atom is -0.391 e. The molecular weight excluding hydrogens is 204 g/mol. The fraction of sp³-hybridized carbons (Fsp3) is 0.636. The molecule has 1 heterocycles. The summed E-state index contributed by atoms with van der Waals surface area (Å²) in [5.74, 6) is 1.35. The fourth-order valence-electron chi connectivity index (χ4n) is 1.39. The summed E-state index contributed by atoms with van der Waals surface area (Å²) in [6.45, 7) is 4.51. The predicted molar refractivity (Wildman–Crippen MR) is 65.7 cm³/mol. The maximum Gasteiger partial charge on any atom is 0.224 e. The van der Waals surface area contributed by atoms with Gasteiger partial charge >= 0.3 is 0 Å². The summed E-state index contributed by atoms with van der Waals surface area (Å²) in [7, 11) is 1.78. The summed E-state index contributed by atoms with van der Waals surface area (Å²) in [5, 5.41) is 15.6. The van der Waals surface area contributed by atoms with Crippen LogP contribution in [0.3, 0.4) is 0 Å². The smallest absolute Gasteiger partial charge is 0.224 e. The first-order valence-electron chi connectivity index (χ1n) is 5.60. The standard InChI is InChI=1S/C11H20N4O/c1-4-5-9(16)7-13-10-8(2)6-14-11(12-3)15-10/h6,9,16H,4-5,7H2,1-3H3,(H2,12,13,14,15). The molecule has 0 spiro atoms. The van der Waals surface area contributed by atoms with Crippen LogP contribution in [-0.4, -0.2) is 34.8 Å². The van der Waals surface area contributed by atoms with Crippen LogP contribution in [0.25, 0.3) is 0 Å². The highest BCUT2D eigenvalue weighted by Gasteiger charge is 2.06. The van der Waals surface area contributed by atoms with Crippen LogP contribution < -0.4 is 10.6 Å². The van der Waals surface area contributed by atoms with Crippen LogP contribution in [0.2, 0.25) is 0 Å². The Bertz CT molecular complexity index is 330. The highest BCUT2D eigenvalue weighted by atomic mass is 16.3. The van der Waals surface area contributed by atoms with E-state index in [0.29, 0.717) is 12.5 Å². The van der Waals surface area contributed by atoms with Gasteiger partial charge in [-0.3, -0.25) is 0 Å². The van der Waals surface area contributed by atoms with Crippen molar-refractivity contribution in [3.05, 3.63) is 11.8 Å². The maximum absolute atomic E-state index is 9.61. The minimum absolute atomic E-state index is 0.322. The molecule has 16 heavy (non-hydrogen) atoms. The quantitative estimate of drug-likeness (QED) is 0.681. The van der Waals surface area contributed by atoms with Crippen molar-refractivity contribution in [1.29, 1.82) is 0 Å². The number of nitrogens with one attached hydrogen (secondary N) is 2. The summed E-state index contributed by atoms with van der Waals surface area (Å²) in [6, 6.07) is 0. The zero-order valence-corrected chi connectivity index (χ0v) is 10.1. The number of aliphatic hydroxyl groups is 1. The normalized spacial score (nSPS) is 12.2. The Balaban J connectivity index is 2.58. The van der Waals surface area contributed by atoms with Crippen LogP contribution in [0.1, 0.15) is 25.3 Å². The van der Waals surface area contributed by atoms with E-state index in [2.05, 4.69) is 27.5 Å². The van der Waals surface area contributed by atoms with E-state index in [1.54, 1.807) is 13.2 Å². The molecule has 0 saturated carbocycles. The monoisotopic (exact) mass is 224 g/mol. The van der Waals surface area contributed by atoms with E-state index >= 15 is 0 Å². The van der Waals surface area contributed by atoms with E-state index in [9.17, 15) is 5.11 Å². The third-order valence-corrected chi connectivity index (χ3v) is 2.32. The van der Waals surface area contributed by atoms with Crippen molar-refractivity contribution in [2.45, 2.75) is 32.8 Å². The molecule has 90 valence electrons. The molecule has 0 bridgehead atoms. The largest absolute Gasteiger partial charge is 0.391 e. The second-order valence-electron chi connectivity index (χ2n) is 3.80. The van der Waals surface area contributed by atoms with Gasteiger partial charge < -0.3 is 15.7 Å². The zero-order chi connectivity index (χ0) is 12.0. The summed E-state index contributed by atoms with van der Waals surface area (Å²) in [4.78, 5) is 8.37. The van der Waals surface area contributed by atoms with E-state index in [1.165, 1.54) is 0 Å². The number of aryl methyl sites for hydroxylation is 1. The van der Waals surface area contributed by atoms with E-state index < -0.39 is 0 Å². The van der Waals surface area contributed by atoms with Crippen LogP contribution in [0.15, 0.2) is 6.20 Å². The van der Waals surface area contributed by atoms with Gasteiger partial charge in [-0.1, -0.05) is 13.3 Å². The van der Waals surface area contributed by atoms with Gasteiger partial charge in [0.1, 0.15) is 5.82 Å². The van der Waals surface area contributed by atoms with Gasteiger partial charge in [0.2, 0.25) is 5.95 Å². The first-order valence-corrected chi connectivity index (χ1v) is 5.60. The predicted octanol–water partition coefficient (Wildman–Crippen LogP) is 1.40. The van der Waals surface area contributed by atoms with Crippen molar-refractivity contribution in [1.82, 2.24) is 9.97 Å². The topological polar surface area (TPSA) is 70.1 Å². The van der Waals surface area contributed by atoms with Crippen molar-refractivity contribution < 1.29 is 5.11 Å². The van der Waals surface area contributed by atoms with Gasteiger partial charge in [-0.2, -0.15) is 4.98 Å². The van der Waals surface area contributed by atoms with Gasteiger partial charge in [-0.25, -0.2) is 4.98 Å². The van der Waals surface area contributed by atoms with Crippen molar-refractivity contribution in [3.8, 4) is 0 Å². The molecule has 1 atom stereocenters. The van der Waals surface area contributed by atoms with E-state index in [4.69, 9.17) is 0 Å². The molecule has 1 unspecified atom stereocenters. The number of hydrogen-bond donors (Lipinski definition) is 3. The van der Waals surface area contributed by atoms with E-state index in [1.807, 2.05) is 6.92 Å². The van der Waals surface area contributed by atoms with Crippen LogP contribution in [0.4, 0.5) is 11.8 Å². The van der Waals surface area contributed by atoms with Gasteiger partial charge in [0.25, 0.3) is 0 Å². The molecule has 5 heteroatoms. The number of rotatable bonds is 6. The Kier molecular flexibility index (Phi) is 4.98. The van der Waals surface area contributed by atoms with E-state index in [0.717, 1.165) is 24.2 Å². The molecule has 0 aliphatic rings. The summed E-state index contributed by atoms with van der Waals surface area (Å²) in [6.07, 6.45) is 3.22. The SMILES string of the molecule is CCCC(O)CNc1nc(NC)ncc1C. The van der Waals surface area contributed by atoms with E-state index in [-0.39, 0.29) is 6.10 Å². The second-order valence-corrected chi connectivity index (χ2v) is 3.80. The van der Waals surface area contributed by atoms with Gasteiger partial charge in [0, 0.05) is 25.4 Å². The number of aliphatic hydroxyl groups excluding tert-OH is 1. The Morgan fingerprint density at radius 3 is 2.88 bits per heavy atom.